The molecular weight excluding hydrogens is 234 g/mol. The van der Waals surface area contributed by atoms with Crippen LogP contribution in [-0.2, 0) is 9.84 Å². The number of benzene rings is 1. The van der Waals surface area contributed by atoms with E-state index in [0.29, 0.717) is 21.5 Å². The highest BCUT2D eigenvalue weighted by atomic mass is 32.2. The molecule has 1 heterocycles. The molecule has 0 bridgehead atoms. The summed E-state index contributed by atoms with van der Waals surface area (Å²) in [6.45, 7) is 0. The monoisotopic (exact) mass is 241 g/mol. The first-order chi connectivity index (χ1) is 7.00. The third-order valence-electron chi connectivity index (χ3n) is 1.91. The van der Waals surface area contributed by atoms with Crippen molar-refractivity contribution in [3.05, 3.63) is 23.2 Å². The van der Waals surface area contributed by atoms with Crippen molar-refractivity contribution < 1.29 is 13.2 Å². The van der Waals surface area contributed by atoms with Crippen LogP contribution < -0.4 is 0 Å². The summed E-state index contributed by atoms with van der Waals surface area (Å²) in [7, 11) is -3.20. The summed E-state index contributed by atoms with van der Waals surface area (Å²) in [5.74, 6) is 0. The Balaban J connectivity index is 2.71. The van der Waals surface area contributed by atoms with Gasteiger partial charge in [-0.2, -0.15) is 0 Å². The Morgan fingerprint density at radius 2 is 2.13 bits per heavy atom. The Morgan fingerprint density at radius 3 is 2.73 bits per heavy atom. The number of sulfone groups is 1. The molecule has 4 nitrogen and oxygen atoms in total. The van der Waals surface area contributed by atoms with Crippen LogP contribution in [0.1, 0.15) is 9.80 Å². The van der Waals surface area contributed by atoms with Crippen molar-refractivity contribution in [1.29, 1.82) is 0 Å². The lowest BCUT2D eigenvalue weighted by atomic mass is 10.3. The van der Waals surface area contributed by atoms with Crippen LogP contribution in [0.25, 0.3) is 10.2 Å². The molecule has 0 atom stereocenters. The van der Waals surface area contributed by atoms with Gasteiger partial charge in [-0.25, -0.2) is 13.4 Å². The Kier molecular flexibility index (Phi) is 2.32. The molecule has 0 aliphatic rings. The van der Waals surface area contributed by atoms with E-state index in [1.807, 2.05) is 0 Å². The van der Waals surface area contributed by atoms with Crippen LogP contribution in [0.3, 0.4) is 0 Å². The van der Waals surface area contributed by atoms with Gasteiger partial charge in [-0.1, -0.05) is 0 Å². The van der Waals surface area contributed by atoms with Gasteiger partial charge >= 0.3 is 0 Å². The van der Waals surface area contributed by atoms with Gasteiger partial charge in [0.2, 0.25) is 0 Å². The second kappa shape index (κ2) is 3.39. The van der Waals surface area contributed by atoms with E-state index >= 15 is 0 Å². The predicted molar refractivity (Wildman–Crippen MR) is 58.1 cm³/mol. The third-order valence-corrected chi connectivity index (χ3v) is 3.96. The summed E-state index contributed by atoms with van der Waals surface area (Å²) in [4.78, 5) is 14.7. The lowest BCUT2D eigenvalue weighted by Gasteiger charge is -1.96. The first-order valence-corrected chi connectivity index (χ1v) is 6.77. The number of aromatic nitrogens is 1. The first kappa shape index (κ1) is 10.3. The number of thiazole rings is 1. The van der Waals surface area contributed by atoms with Gasteiger partial charge in [0.25, 0.3) is 0 Å². The van der Waals surface area contributed by atoms with Crippen molar-refractivity contribution in [3.8, 4) is 0 Å². The average molecular weight is 241 g/mol. The molecule has 78 valence electrons. The minimum absolute atomic E-state index is 0.246. The molecule has 1 aromatic heterocycles. The Hall–Kier alpha value is -1.27. The van der Waals surface area contributed by atoms with Crippen molar-refractivity contribution in [2.45, 2.75) is 4.90 Å². The van der Waals surface area contributed by atoms with Gasteiger partial charge in [0.15, 0.2) is 21.1 Å². The molecule has 0 amide bonds. The highest BCUT2D eigenvalue weighted by Gasteiger charge is 2.10. The lowest BCUT2D eigenvalue weighted by molar-refractivity contribution is 0.112. The zero-order valence-electron chi connectivity index (χ0n) is 7.80. The fourth-order valence-corrected chi connectivity index (χ4v) is 2.75. The second-order valence-electron chi connectivity index (χ2n) is 3.07. The van der Waals surface area contributed by atoms with Crippen LogP contribution in [0.2, 0.25) is 0 Å². The lowest BCUT2D eigenvalue weighted by Crippen LogP contribution is -1.95. The summed E-state index contributed by atoms with van der Waals surface area (Å²) in [5, 5.41) is 0.357. The largest absolute Gasteiger partial charge is 0.295 e. The maximum absolute atomic E-state index is 11.3. The molecule has 2 rings (SSSR count). The molecule has 6 heteroatoms. The standard InChI is InChI=1S/C9H7NO3S2/c1-15(12,13)6-2-3-7-8(4-6)14-9(5-11)10-7/h2-5H,1H3. The fraction of sp³-hybridized carbons (Fsp3) is 0.111. The zero-order valence-corrected chi connectivity index (χ0v) is 9.43. The van der Waals surface area contributed by atoms with Gasteiger partial charge < -0.3 is 0 Å². The van der Waals surface area contributed by atoms with Crippen LogP contribution in [0.4, 0.5) is 0 Å². The average Bonchev–Trinajstić information content (AvgIpc) is 2.57. The van der Waals surface area contributed by atoms with Crippen LogP contribution in [-0.4, -0.2) is 25.9 Å². The summed E-state index contributed by atoms with van der Waals surface area (Å²) in [5.41, 5.74) is 0.648. The third kappa shape index (κ3) is 1.91. The number of hydrogen-bond acceptors (Lipinski definition) is 5. The van der Waals surface area contributed by atoms with Crippen molar-refractivity contribution in [1.82, 2.24) is 4.98 Å². The molecule has 0 saturated heterocycles. The number of carbonyl (C=O) groups excluding carboxylic acids is 1. The summed E-state index contributed by atoms with van der Waals surface area (Å²) >= 11 is 1.18. The van der Waals surface area contributed by atoms with Crippen molar-refractivity contribution in [2.75, 3.05) is 6.26 Å². The molecule has 0 aliphatic carbocycles. The van der Waals surface area contributed by atoms with Gasteiger partial charge in [0, 0.05) is 6.26 Å². The number of rotatable bonds is 2. The van der Waals surface area contributed by atoms with Crippen LogP contribution >= 0.6 is 11.3 Å². The minimum atomic E-state index is -3.20. The molecule has 0 N–H and O–H groups in total. The number of fused-ring (bicyclic) bond motifs is 1. The van der Waals surface area contributed by atoms with E-state index in [0.717, 1.165) is 6.26 Å². The van der Waals surface area contributed by atoms with Gasteiger partial charge in [0.1, 0.15) is 0 Å². The summed E-state index contributed by atoms with van der Waals surface area (Å²) in [6.07, 6.45) is 1.81. The van der Waals surface area contributed by atoms with Crippen LogP contribution in [0.15, 0.2) is 23.1 Å². The quantitative estimate of drug-likeness (QED) is 0.748. The van der Waals surface area contributed by atoms with Gasteiger partial charge in [0.05, 0.1) is 15.1 Å². The normalized spacial score (nSPS) is 11.8. The molecule has 0 fully saturated rings. The smallest absolute Gasteiger partial charge is 0.178 e. The molecule has 15 heavy (non-hydrogen) atoms. The molecule has 0 spiro atoms. The van der Waals surface area contributed by atoms with Gasteiger partial charge in [-0.05, 0) is 18.2 Å². The number of hydrogen-bond donors (Lipinski definition) is 0. The SMILES string of the molecule is CS(=O)(=O)c1ccc2nc(C=O)sc2c1. The van der Waals surface area contributed by atoms with E-state index in [4.69, 9.17) is 0 Å². The molecule has 0 radical (unpaired) electrons. The van der Waals surface area contributed by atoms with Crippen LogP contribution in [0, 0.1) is 0 Å². The van der Waals surface area contributed by atoms with E-state index in [1.54, 1.807) is 6.07 Å². The molecule has 0 aliphatic heterocycles. The number of nitrogens with zero attached hydrogens (tertiary/aromatic N) is 1. The Morgan fingerprint density at radius 1 is 1.40 bits per heavy atom. The molecule has 0 unspecified atom stereocenters. The van der Waals surface area contributed by atoms with Crippen molar-refractivity contribution in [3.63, 3.8) is 0 Å². The second-order valence-corrected chi connectivity index (χ2v) is 6.15. The first-order valence-electron chi connectivity index (χ1n) is 4.06. The highest BCUT2D eigenvalue weighted by molar-refractivity contribution is 7.90. The molecular formula is C9H7NO3S2. The maximum atomic E-state index is 11.3. The maximum Gasteiger partial charge on any atom is 0.178 e. The number of aldehydes is 1. The molecule has 1 aromatic carbocycles. The summed E-state index contributed by atoms with van der Waals surface area (Å²) < 4.78 is 23.2. The van der Waals surface area contributed by atoms with Crippen molar-refractivity contribution in [2.24, 2.45) is 0 Å². The minimum Gasteiger partial charge on any atom is -0.295 e. The van der Waals surface area contributed by atoms with E-state index in [2.05, 4.69) is 4.98 Å². The van der Waals surface area contributed by atoms with E-state index < -0.39 is 9.84 Å². The van der Waals surface area contributed by atoms with E-state index in [-0.39, 0.29) is 4.90 Å². The summed E-state index contributed by atoms with van der Waals surface area (Å²) in [6, 6.07) is 4.64. The molecule has 0 saturated carbocycles. The Labute approximate surface area is 90.5 Å². The van der Waals surface area contributed by atoms with E-state index in [1.165, 1.54) is 23.5 Å². The van der Waals surface area contributed by atoms with Gasteiger partial charge in [-0.15, -0.1) is 11.3 Å². The number of carbonyl (C=O) groups is 1. The fourth-order valence-electron chi connectivity index (χ4n) is 1.20. The zero-order chi connectivity index (χ0) is 11.1. The van der Waals surface area contributed by atoms with Crippen LogP contribution in [0.5, 0.6) is 0 Å². The predicted octanol–water partition coefficient (Wildman–Crippen LogP) is 1.51. The molecule has 2 aromatic rings. The van der Waals surface area contributed by atoms with Gasteiger partial charge in [-0.3, -0.25) is 4.79 Å². The Bertz CT molecular complexity index is 628. The highest BCUT2D eigenvalue weighted by Crippen LogP contribution is 2.24. The van der Waals surface area contributed by atoms with E-state index in [9.17, 15) is 13.2 Å². The topological polar surface area (TPSA) is 64.1 Å². The van der Waals surface area contributed by atoms with Crippen molar-refractivity contribution >= 4 is 37.7 Å².